The maximum absolute atomic E-state index is 13.1. The summed E-state index contributed by atoms with van der Waals surface area (Å²) in [7, 11) is -1.02. The molecule has 2 heterocycles. The summed E-state index contributed by atoms with van der Waals surface area (Å²) in [5.74, 6) is -0.00500. The molecule has 0 atom stereocenters. The van der Waals surface area contributed by atoms with Gasteiger partial charge in [-0.15, -0.1) is 0 Å². The zero-order valence-electron chi connectivity index (χ0n) is 15.7. The van der Waals surface area contributed by atoms with Crippen LogP contribution >= 0.6 is 0 Å². The van der Waals surface area contributed by atoms with Gasteiger partial charge in [0.05, 0.1) is 7.11 Å². The summed E-state index contributed by atoms with van der Waals surface area (Å²) >= 11 is 0. The van der Waals surface area contributed by atoms with Gasteiger partial charge >= 0.3 is 0 Å². The highest BCUT2D eigenvalue weighted by Crippen LogP contribution is 2.30. The lowest BCUT2D eigenvalue weighted by molar-refractivity contribution is 0.0735. The molecule has 1 aliphatic rings. The first-order valence-corrected chi connectivity index (χ1v) is 10.4. The number of aromatic nitrogens is 1. The quantitative estimate of drug-likeness (QED) is 0.704. The molecule has 3 aromatic rings. The van der Waals surface area contributed by atoms with E-state index < -0.39 is 10.0 Å². The first-order chi connectivity index (χ1) is 13.4. The number of carbonyl (C=O) groups excluding carboxylic acids is 1. The number of fused-ring (bicyclic) bond motifs is 3. The fourth-order valence-corrected chi connectivity index (χ4v) is 4.57. The summed E-state index contributed by atoms with van der Waals surface area (Å²) in [5, 5.41) is 1.11. The second-order valence-corrected chi connectivity index (χ2v) is 8.53. The van der Waals surface area contributed by atoms with Gasteiger partial charge in [-0.25, -0.2) is 13.1 Å². The number of carbonyl (C=O) groups is 1. The van der Waals surface area contributed by atoms with E-state index in [0.717, 1.165) is 28.6 Å². The van der Waals surface area contributed by atoms with Gasteiger partial charge in [0.25, 0.3) is 5.91 Å². The zero-order valence-corrected chi connectivity index (χ0v) is 16.5. The second kappa shape index (κ2) is 6.96. The highest BCUT2D eigenvalue weighted by Gasteiger charge is 2.26. The minimum absolute atomic E-state index is 0.0480. The molecule has 2 N–H and O–H groups in total. The van der Waals surface area contributed by atoms with Gasteiger partial charge in [0, 0.05) is 47.2 Å². The number of hydrogen-bond donors (Lipinski definition) is 2. The number of H-pyrrole nitrogens is 1. The van der Waals surface area contributed by atoms with Crippen molar-refractivity contribution in [1.82, 2.24) is 14.6 Å². The molecule has 2 aromatic carbocycles. The van der Waals surface area contributed by atoms with Crippen LogP contribution in [-0.2, 0) is 23.0 Å². The Balaban J connectivity index is 1.68. The van der Waals surface area contributed by atoms with Gasteiger partial charge in [-0.05, 0) is 31.3 Å². The topological polar surface area (TPSA) is 91.5 Å². The van der Waals surface area contributed by atoms with Crippen LogP contribution in [0.4, 0.5) is 0 Å². The number of ether oxygens (including phenoxy) is 1. The van der Waals surface area contributed by atoms with Gasteiger partial charge in [-0.2, -0.15) is 0 Å². The lowest BCUT2D eigenvalue weighted by Crippen LogP contribution is -2.36. The molecule has 0 saturated heterocycles. The Morgan fingerprint density at radius 3 is 2.75 bits per heavy atom. The Hall–Kier alpha value is -2.84. The van der Waals surface area contributed by atoms with E-state index >= 15 is 0 Å². The lowest BCUT2D eigenvalue weighted by Gasteiger charge is -2.27. The Morgan fingerprint density at radius 1 is 1.21 bits per heavy atom. The Bertz CT molecular complexity index is 1170. The van der Waals surface area contributed by atoms with E-state index in [4.69, 9.17) is 4.74 Å². The van der Waals surface area contributed by atoms with Crippen LogP contribution in [0.5, 0.6) is 5.75 Å². The van der Waals surface area contributed by atoms with Crippen LogP contribution < -0.4 is 9.46 Å². The molecule has 0 fully saturated rings. The molecule has 0 spiro atoms. The van der Waals surface area contributed by atoms with Crippen LogP contribution in [0, 0.1) is 0 Å². The third kappa shape index (κ3) is 3.04. The van der Waals surface area contributed by atoms with Gasteiger partial charge in [-0.3, -0.25) is 4.79 Å². The van der Waals surface area contributed by atoms with Crippen molar-refractivity contribution in [2.45, 2.75) is 17.9 Å². The van der Waals surface area contributed by atoms with E-state index in [1.54, 1.807) is 11.0 Å². The molecule has 4 rings (SSSR count). The van der Waals surface area contributed by atoms with E-state index in [2.05, 4.69) is 9.71 Å². The number of para-hydroxylation sites is 1. The van der Waals surface area contributed by atoms with Gasteiger partial charge in [0.15, 0.2) is 0 Å². The van der Waals surface area contributed by atoms with Crippen molar-refractivity contribution in [2.24, 2.45) is 0 Å². The molecule has 0 saturated carbocycles. The number of nitrogens with zero attached hydrogens (tertiary/aromatic N) is 1. The number of amides is 1. The molecule has 1 aliphatic heterocycles. The number of nitrogens with one attached hydrogen (secondary N) is 2. The number of methoxy groups -OCH3 is 1. The van der Waals surface area contributed by atoms with E-state index in [1.807, 2.05) is 24.3 Å². The summed E-state index contributed by atoms with van der Waals surface area (Å²) in [6.07, 6.45) is 0.730. The maximum atomic E-state index is 13.1. The lowest BCUT2D eigenvalue weighted by atomic mass is 10.0. The first-order valence-electron chi connectivity index (χ1n) is 8.94. The first kappa shape index (κ1) is 18.5. The van der Waals surface area contributed by atoms with Crippen LogP contribution in [0.25, 0.3) is 10.9 Å². The molecule has 7 nitrogen and oxygen atoms in total. The monoisotopic (exact) mass is 399 g/mol. The Labute approximate surface area is 163 Å². The minimum atomic E-state index is -3.75. The molecule has 0 radical (unpaired) electrons. The molecule has 0 aliphatic carbocycles. The average Bonchev–Trinajstić information content (AvgIpc) is 3.10. The van der Waals surface area contributed by atoms with Gasteiger partial charge in [-0.1, -0.05) is 18.2 Å². The molecule has 0 bridgehead atoms. The average molecular weight is 399 g/mol. The number of benzene rings is 2. The van der Waals surface area contributed by atoms with Crippen molar-refractivity contribution in [2.75, 3.05) is 20.7 Å². The molecular formula is C20H21N3O4S. The van der Waals surface area contributed by atoms with Gasteiger partial charge < -0.3 is 14.6 Å². The predicted molar refractivity (Wildman–Crippen MR) is 106 cm³/mol. The van der Waals surface area contributed by atoms with Crippen molar-refractivity contribution in [3.8, 4) is 5.75 Å². The summed E-state index contributed by atoms with van der Waals surface area (Å²) in [5.41, 5.74) is 3.65. The third-order valence-electron chi connectivity index (χ3n) is 5.14. The van der Waals surface area contributed by atoms with E-state index in [1.165, 1.54) is 26.3 Å². The number of aromatic amines is 1. The molecular weight excluding hydrogens is 378 g/mol. The highest BCUT2D eigenvalue weighted by molar-refractivity contribution is 7.89. The SMILES string of the molecule is CNS(=O)(=O)c1cc(C(=O)N2CCc3[nH]c4ccccc4c3C2)ccc1OC. The van der Waals surface area contributed by atoms with Crippen LogP contribution in [0.1, 0.15) is 21.6 Å². The number of hydrogen-bond acceptors (Lipinski definition) is 4. The van der Waals surface area contributed by atoms with Crippen molar-refractivity contribution < 1.29 is 17.9 Å². The highest BCUT2D eigenvalue weighted by atomic mass is 32.2. The van der Waals surface area contributed by atoms with E-state index in [-0.39, 0.29) is 16.6 Å². The van der Waals surface area contributed by atoms with E-state index in [9.17, 15) is 13.2 Å². The Kier molecular flexibility index (Phi) is 4.60. The maximum Gasteiger partial charge on any atom is 0.254 e. The predicted octanol–water partition coefficient (Wildman–Crippen LogP) is 2.28. The standard InChI is InChI=1S/C20H21N3O4S/c1-21-28(25,26)19-11-13(7-8-18(19)27-2)20(24)23-10-9-17-15(12-23)14-5-3-4-6-16(14)22-17/h3-8,11,21-22H,9-10,12H2,1-2H3. The minimum Gasteiger partial charge on any atom is -0.495 e. The second-order valence-electron chi connectivity index (χ2n) is 6.68. The molecule has 1 amide bonds. The largest absolute Gasteiger partial charge is 0.495 e. The molecule has 8 heteroatoms. The van der Waals surface area contributed by atoms with E-state index in [0.29, 0.717) is 18.7 Å². The van der Waals surface area contributed by atoms with Crippen LogP contribution in [0.3, 0.4) is 0 Å². The zero-order chi connectivity index (χ0) is 19.9. The molecule has 146 valence electrons. The van der Waals surface area contributed by atoms with Gasteiger partial charge in [0.1, 0.15) is 10.6 Å². The van der Waals surface area contributed by atoms with Crippen molar-refractivity contribution in [1.29, 1.82) is 0 Å². The summed E-state index contributed by atoms with van der Waals surface area (Å²) in [6.45, 7) is 1.05. The fraction of sp³-hybridized carbons (Fsp3) is 0.250. The van der Waals surface area contributed by atoms with Gasteiger partial charge in [0.2, 0.25) is 10.0 Å². The van der Waals surface area contributed by atoms with Crippen molar-refractivity contribution >= 4 is 26.8 Å². The van der Waals surface area contributed by atoms with Crippen molar-refractivity contribution in [3.05, 3.63) is 59.3 Å². The molecule has 28 heavy (non-hydrogen) atoms. The molecule has 0 unspecified atom stereocenters. The summed E-state index contributed by atoms with van der Waals surface area (Å²) in [6, 6.07) is 12.5. The van der Waals surface area contributed by atoms with Crippen LogP contribution in [0.2, 0.25) is 0 Å². The fourth-order valence-electron chi connectivity index (χ4n) is 3.65. The van der Waals surface area contributed by atoms with Crippen LogP contribution in [-0.4, -0.2) is 44.9 Å². The number of sulfonamides is 1. The van der Waals surface area contributed by atoms with Crippen molar-refractivity contribution in [3.63, 3.8) is 0 Å². The summed E-state index contributed by atoms with van der Waals surface area (Å²) in [4.78, 5) is 18.2. The summed E-state index contributed by atoms with van der Waals surface area (Å²) < 4.78 is 32.0. The normalized spacial score (nSPS) is 14.1. The third-order valence-corrected chi connectivity index (χ3v) is 6.57. The van der Waals surface area contributed by atoms with Crippen LogP contribution in [0.15, 0.2) is 47.4 Å². The number of rotatable bonds is 4. The smallest absolute Gasteiger partial charge is 0.254 e. The Morgan fingerprint density at radius 2 is 2.00 bits per heavy atom. The molecule has 1 aromatic heterocycles.